The molecule has 24 heavy (non-hydrogen) atoms. The fourth-order valence-electron chi connectivity index (χ4n) is 2.40. The van der Waals surface area contributed by atoms with Gasteiger partial charge in [0.2, 0.25) is 5.52 Å². The van der Waals surface area contributed by atoms with Crippen molar-refractivity contribution in [2.45, 2.75) is 36.7 Å². The molecule has 0 N–H and O–H groups in total. The highest BCUT2D eigenvalue weighted by Crippen LogP contribution is 2.36. The zero-order valence-electron chi connectivity index (χ0n) is 13.2. The van der Waals surface area contributed by atoms with E-state index in [9.17, 15) is 5.21 Å². The minimum absolute atomic E-state index is 0.428. The second kappa shape index (κ2) is 7.13. The van der Waals surface area contributed by atoms with Gasteiger partial charge in [-0.15, -0.1) is 0 Å². The normalized spacial score (nSPS) is 11.2. The molecule has 3 aromatic rings. The summed E-state index contributed by atoms with van der Waals surface area (Å²) in [6, 6.07) is 7.00. The van der Waals surface area contributed by atoms with E-state index in [4.69, 9.17) is 23.2 Å². The van der Waals surface area contributed by atoms with Crippen molar-refractivity contribution in [2.24, 2.45) is 0 Å². The predicted molar refractivity (Wildman–Crippen MR) is 97.8 cm³/mol. The summed E-state index contributed by atoms with van der Waals surface area (Å²) in [7, 11) is 0. The summed E-state index contributed by atoms with van der Waals surface area (Å²) >= 11 is 13.8. The fraction of sp³-hybridized carbons (Fsp3) is 0.235. The Balaban J connectivity index is 2.13. The molecule has 0 saturated heterocycles. The molecule has 0 amide bonds. The number of hydrogen-bond acceptors (Lipinski definition) is 4. The third-order valence-corrected chi connectivity index (χ3v) is 5.06. The standard InChI is InChI=1S/C17H15Cl2N3OS/c1-3-11-9-12(4-2)21-17(20-11)24-15-5-6-22(23)14-8-10(18)7-13(19)16(14)15/h5-9H,3-4H2,1-2H3. The molecule has 7 heteroatoms. The number of pyridine rings is 1. The quantitative estimate of drug-likeness (QED) is 0.369. The van der Waals surface area contributed by atoms with Crippen molar-refractivity contribution in [2.75, 3.05) is 0 Å². The van der Waals surface area contributed by atoms with E-state index in [1.165, 1.54) is 18.0 Å². The number of rotatable bonds is 4. The molecule has 0 spiro atoms. The van der Waals surface area contributed by atoms with Crippen molar-refractivity contribution in [1.82, 2.24) is 9.97 Å². The van der Waals surface area contributed by atoms with Crippen LogP contribution < -0.4 is 4.73 Å². The van der Waals surface area contributed by atoms with Gasteiger partial charge in [0.25, 0.3) is 0 Å². The van der Waals surface area contributed by atoms with Gasteiger partial charge in [-0.05, 0) is 36.7 Å². The summed E-state index contributed by atoms with van der Waals surface area (Å²) in [6.07, 6.45) is 3.13. The fourth-order valence-corrected chi connectivity index (χ4v) is 4.00. The Kier molecular flexibility index (Phi) is 5.13. The average molecular weight is 380 g/mol. The highest BCUT2D eigenvalue weighted by molar-refractivity contribution is 7.99. The number of aromatic nitrogens is 3. The molecule has 1 aromatic carbocycles. The maximum Gasteiger partial charge on any atom is 0.227 e. The molecule has 0 unspecified atom stereocenters. The van der Waals surface area contributed by atoms with Crippen LogP contribution in [-0.4, -0.2) is 9.97 Å². The number of aryl methyl sites for hydroxylation is 2. The average Bonchev–Trinajstić information content (AvgIpc) is 2.56. The highest BCUT2D eigenvalue weighted by atomic mass is 35.5. The largest absolute Gasteiger partial charge is 0.618 e. The topological polar surface area (TPSA) is 52.7 Å². The van der Waals surface area contributed by atoms with Gasteiger partial charge in [0.1, 0.15) is 0 Å². The van der Waals surface area contributed by atoms with E-state index in [-0.39, 0.29) is 0 Å². The molecule has 0 fully saturated rings. The van der Waals surface area contributed by atoms with Gasteiger partial charge < -0.3 is 5.21 Å². The van der Waals surface area contributed by atoms with Gasteiger partial charge >= 0.3 is 0 Å². The third kappa shape index (κ3) is 3.43. The van der Waals surface area contributed by atoms with E-state index in [2.05, 4.69) is 23.8 Å². The molecule has 0 aliphatic heterocycles. The molecular formula is C17H15Cl2N3OS. The lowest BCUT2D eigenvalue weighted by Gasteiger charge is -2.09. The molecule has 0 saturated carbocycles. The van der Waals surface area contributed by atoms with Gasteiger partial charge in [-0.2, -0.15) is 4.73 Å². The van der Waals surface area contributed by atoms with Gasteiger partial charge in [-0.1, -0.05) is 37.0 Å². The highest BCUT2D eigenvalue weighted by Gasteiger charge is 2.16. The van der Waals surface area contributed by atoms with E-state index in [1.807, 2.05) is 6.07 Å². The van der Waals surface area contributed by atoms with Crippen LogP contribution in [0.3, 0.4) is 0 Å². The SMILES string of the molecule is CCc1cc(CC)nc(Sc2cc[n+]([O-])c3cc(Cl)cc(Cl)c23)n1. The van der Waals surface area contributed by atoms with Gasteiger partial charge in [-0.3, -0.25) is 0 Å². The van der Waals surface area contributed by atoms with Crippen LogP contribution in [0.15, 0.2) is 40.5 Å². The molecule has 2 aromatic heterocycles. The van der Waals surface area contributed by atoms with Crippen molar-refractivity contribution < 1.29 is 4.73 Å². The first-order chi connectivity index (χ1) is 11.5. The Morgan fingerprint density at radius 2 is 1.75 bits per heavy atom. The van der Waals surface area contributed by atoms with Crippen LogP contribution in [-0.2, 0) is 12.8 Å². The van der Waals surface area contributed by atoms with Crippen LogP contribution in [0, 0.1) is 5.21 Å². The number of fused-ring (bicyclic) bond motifs is 1. The zero-order valence-corrected chi connectivity index (χ0v) is 15.5. The van der Waals surface area contributed by atoms with Crippen molar-refractivity contribution in [1.29, 1.82) is 0 Å². The van der Waals surface area contributed by atoms with Crippen molar-refractivity contribution in [3.05, 3.63) is 57.1 Å². The lowest BCUT2D eigenvalue weighted by molar-refractivity contribution is -0.577. The van der Waals surface area contributed by atoms with Crippen LogP contribution in [0.1, 0.15) is 25.2 Å². The summed E-state index contributed by atoms with van der Waals surface area (Å²) in [5.41, 5.74) is 2.43. The monoisotopic (exact) mass is 379 g/mol. The first kappa shape index (κ1) is 17.3. The lowest BCUT2D eigenvalue weighted by Crippen LogP contribution is -2.26. The summed E-state index contributed by atoms with van der Waals surface area (Å²) in [4.78, 5) is 9.97. The molecule has 3 rings (SSSR count). The first-order valence-corrected chi connectivity index (χ1v) is 9.14. The summed E-state index contributed by atoms with van der Waals surface area (Å²) in [5.74, 6) is 0. The molecule has 0 bridgehead atoms. The van der Waals surface area contributed by atoms with Gasteiger partial charge in [-0.25, -0.2) is 9.97 Å². The van der Waals surface area contributed by atoms with Gasteiger partial charge in [0.15, 0.2) is 11.4 Å². The van der Waals surface area contributed by atoms with Crippen LogP contribution in [0.25, 0.3) is 10.9 Å². The minimum Gasteiger partial charge on any atom is -0.618 e. The maximum absolute atomic E-state index is 12.0. The van der Waals surface area contributed by atoms with Gasteiger partial charge in [0, 0.05) is 33.4 Å². The molecule has 4 nitrogen and oxygen atoms in total. The summed E-state index contributed by atoms with van der Waals surface area (Å²) in [6.45, 7) is 4.13. The molecular weight excluding hydrogens is 365 g/mol. The summed E-state index contributed by atoms with van der Waals surface area (Å²) in [5, 5.41) is 14.2. The van der Waals surface area contributed by atoms with E-state index in [0.717, 1.165) is 33.9 Å². The van der Waals surface area contributed by atoms with Crippen LogP contribution in [0.5, 0.6) is 0 Å². The lowest BCUT2D eigenvalue weighted by atomic mass is 10.2. The molecule has 124 valence electrons. The summed E-state index contributed by atoms with van der Waals surface area (Å²) < 4.78 is 0.762. The minimum atomic E-state index is 0.428. The number of halogens is 2. The zero-order chi connectivity index (χ0) is 17.3. The Hall–Kier alpha value is -1.56. The van der Waals surface area contributed by atoms with Crippen LogP contribution >= 0.6 is 35.0 Å². The second-order valence-electron chi connectivity index (χ2n) is 5.23. The van der Waals surface area contributed by atoms with E-state index in [0.29, 0.717) is 26.1 Å². The Morgan fingerprint density at radius 1 is 1.08 bits per heavy atom. The van der Waals surface area contributed by atoms with Crippen molar-refractivity contribution in [3.63, 3.8) is 0 Å². The first-order valence-electron chi connectivity index (χ1n) is 7.57. The second-order valence-corrected chi connectivity index (χ2v) is 7.08. The smallest absolute Gasteiger partial charge is 0.227 e. The molecule has 0 aliphatic carbocycles. The van der Waals surface area contributed by atoms with Gasteiger partial charge in [0.05, 0.1) is 10.4 Å². The predicted octanol–water partition coefficient (Wildman–Crippen LogP) is 4.85. The van der Waals surface area contributed by atoms with Crippen molar-refractivity contribution in [3.8, 4) is 0 Å². The number of nitrogens with zero attached hydrogens (tertiary/aromatic N) is 3. The number of hydrogen-bond donors (Lipinski definition) is 0. The van der Waals surface area contributed by atoms with Crippen LogP contribution in [0.2, 0.25) is 10.0 Å². The van der Waals surface area contributed by atoms with E-state index >= 15 is 0 Å². The Bertz CT molecular complexity index is 896. The molecule has 2 heterocycles. The molecule has 0 atom stereocenters. The third-order valence-electron chi connectivity index (χ3n) is 3.62. The van der Waals surface area contributed by atoms with Crippen molar-refractivity contribution >= 4 is 45.9 Å². The van der Waals surface area contributed by atoms with E-state index in [1.54, 1.807) is 18.2 Å². The van der Waals surface area contributed by atoms with E-state index < -0.39 is 0 Å². The number of benzene rings is 1. The Labute approximate surface area is 154 Å². The van der Waals surface area contributed by atoms with Crippen LogP contribution in [0.4, 0.5) is 0 Å². The molecule has 0 aliphatic rings. The maximum atomic E-state index is 12.0. The molecule has 0 radical (unpaired) electrons. The Morgan fingerprint density at radius 3 is 2.38 bits per heavy atom.